The van der Waals surface area contributed by atoms with E-state index >= 15 is 0 Å². The van der Waals surface area contributed by atoms with Gasteiger partial charge in [0.2, 0.25) is 0 Å². The molecule has 3 heteroatoms. The van der Waals surface area contributed by atoms with Crippen molar-refractivity contribution in [3.05, 3.63) is 0 Å². The maximum Gasteiger partial charge on any atom is 0.0707 e. The second kappa shape index (κ2) is 4.22. The van der Waals surface area contributed by atoms with E-state index in [1.807, 2.05) is 0 Å². The van der Waals surface area contributed by atoms with E-state index in [4.69, 9.17) is 4.74 Å². The molecule has 0 aromatic heterocycles. The van der Waals surface area contributed by atoms with Gasteiger partial charge in [0, 0.05) is 19.1 Å². The van der Waals surface area contributed by atoms with Crippen LogP contribution in [0.5, 0.6) is 0 Å². The average Bonchev–Trinajstić information content (AvgIpc) is 2.61. The third-order valence-corrected chi connectivity index (χ3v) is 4.86. The number of aliphatic hydroxyl groups excluding tert-OH is 1. The minimum atomic E-state index is -0.125. The van der Waals surface area contributed by atoms with E-state index in [0.717, 1.165) is 32.4 Å². The van der Waals surface area contributed by atoms with E-state index in [2.05, 4.69) is 18.7 Å². The van der Waals surface area contributed by atoms with Crippen molar-refractivity contribution >= 4 is 0 Å². The number of likely N-dealkylation sites (tertiary alicyclic amines) is 1. The van der Waals surface area contributed by atoms with Gasteiger partial charge < -0.3 is 9.84 Å². The first-order valence-electron chi connectivity index (χ1n) is 7.11. The highest BCUT2D eigenvalue weighted by atomic mass is 16.5. The lowest BCUT2D eigenvalue weighted by atomic mass is 9.73. The molecular weight excluding hydrogens is 214 g/mol. The Bertz CT molecular complexity index is 280. The predicted octanol–water partition coefficient (Wildman–Crippen LogP) is 1.79. The minimum Gasteiger partial charge on any atom is -0.391 e. The van der Waals surface area contributed by atoms with Gasteiger partial charge in [-0.25, -0.2) is 0 Å². The minimum absolute atomic E-state index is 0.125. The molecule has 3 rings (SSSR count). The van der Waals surface area contributed by atoms with Gasteiger partial charge in [-0.15, -0.1) is 0 Å². The largest absolute Gasteiger partial charge is 0.391 e. The first kappa shape index (κ1) is 11.9. The van der Waals surface area contributed by atoms with E-state index in [1.165, 1.54) is 12.8 Å². The van der Waals surface area contributed by atoms with Crippen LogP contribution in [0, 0.1) is 5.41 Å². The molecule has 0 spiro atoms. The van der Waals surface area contributed by atoms with E-state index in [1.54, 1.807) is 0 Å². The maximum absolute atomic E-state index is 10.3. The maximum atomic E-state index is 10.3. The molecule has 4 unspecified atom stereocenters. The van der Waals surface area contributed by atoms with Crippen LogP contribution >= 0.6 is 0 Å². The third-order valence-electron chi connectivity index (χ3n) is 4.86. The molecule has 1 N–H and O–H groups in total. The first-order valence-corrected chi connectivity index (χ1v) is 7.11. The van der Waals surface area contributed by atoms with E-state index in [0.29, 0.717) is 23.7 Å². The highest BCUT2D eigenvalue weighted by Gasteiger charge is 2.42. The SMILES string of the molecule is CC1(C)CCC(O)C(N2CC3CCC(C2)O3)C1. The molecule has 2 saturated heterocycles. The standard InChI is InChI=1S/C14H25NO2/c1-14(2)6-5-13(16)12(7-14)15-8-10-3-4-11(9-15)17-10/h10-13,16H,3-9H2,1-2H3. The summed E-state index contributed by atoms with van der Waals surface area (Å²) in [5.41, 5.74) is 0.390. The van der Waals surface area contributed by atoms with Crippen LogP contribution in [-0.2, 0) is 4.74 Å². The van der Waals surface area contributed by atoms with Crippen LogP contribution < -0.4 is 0 Å². The fourth-order valence-corrected chi connectivity index (χ4v) is 3.82. The number of hydrogen-bond donors (Lipinski definition) is 1. The molecule has 1 aliphatic carbocycles. The molecule has 2 bridgehead atoms. The Kier molecular flexibility index (Phi) is 2.96. The number of ether oxygens (including phenoxy) is 1. The third kappa shape index (κ3) is 2.38. The van der Waals surface area contributed by atoms with E-state index in [9.17, 15) is 5.11 Å². The van der Waals surface area contributed by atoms with Gasteiger partial charge in [-0.3, -0.25) is 4.90 Å². The molecule has 98 valence electrons. The Labute approximate surface area is 104 Å². The normalized spacial score (nSPS) is 46.1. The van der Waals surface area contributed by atoms with Gasteiger partial charge in [0.15, 0.2) is 0 Å². The quantitative estimate of drug-likeness (QED) is 0.757. The summed E-state index contributed by atoms with van der Waals surface area (Å²) in [6.07, 6.45) is 6.43. The van der Waals surface area contributed by atoms with Crippen molar-refractivity contribution in [2.45, 2.75) is 70.3 Å². The zero-order chi connectivity index (χ0) is 12.0. The number of hydrogen-bond acceptors (Lipinski definition) is 3. The van der Waals surface area contributed by atoms with Crippen molar-refractivity contribution < 1.29 is 9.84 Å². The van der Waals surface area contributed by atoms with Gasteiger partial charge in [0.05, 0.1) is 18.3 Å². The molecule has 0 aromatic rings. The van der Waals surface area contributed by atoms with Crippen LogP contribution in [0.25, 0.3) is 0 Å². The van der Waals surface area contributed by atoms with Gasteiger partial charge in [-0.05, 0) is 37.5 Å². The number of aliphatic hydroxyl groups is 1. The molecule has 2 heterocycles. The number of fused-ring (bicyclic) bond motifs is 2. The van der Waals surface area contributed by atoms with Crippen molar-refractivity contribution in [1.29, 1.82) is 0 Å². The molecule has 3 nitrogen and oxygen atoms in total. The molecule has 3 fully saturated rings. The second-order valence-corrected chi connectivity index (χ2v) is 6.95. The van der Waals surface area contributed by atoms with Crippen molar-refractivity contribution in [3.63, 3.8) is 0 Å². The zero-order valence-corrected chi connectivity index (χ0v) is 11.1. The van der Waals surface area contributed by atoms with Gasteiger partial charge in [-0.1, -0.05) is 13.8 Å². The van der Waals surface area contributed by atoms with Crippen LogP contribution in [-0.4, -0.2) is 47.4 Å². The molecule has 2 aliphatic heterocycles. The Morgan fingerprint density at radius 2 is 1.76 bits per heavy atom. The van der Waals surface area contributed by atoms with E-state index in [-0.39, 0.29) is 6.10 Å². The summed E-state index contributed by atoms with van der Waals surface area (Å²) in [5.74, 6) is 0. The van der Waals surface area contributed by atoms with Gasteiger partial charge in [-0.2, -0.15) is 0 Å². The lowest BCUT2D eigenvalue weighted by molar-refractivity contribution is -0.0927. The van der Waals surface area contributed by atoms with Crippen LogP contribution in [0.3, 0.4) is 0 Å². The van der Waals surface area contributed by atoms with Crippen LogP contribution in [0.2, 0.25) is 0 Å². The first-order chi connectivity index (χ1) is 8.03. The molecule has 0 radical (unpaired) electrons. The zero-order valence-electron chi connectivity index (χ0n) is 11.1. The lowest BCUT2D eigenvalue weighted by Crippen LogP contribution is -2.55. The lowest BCUT2D eigenvalue weighted by Gasteiger charge is -2.46. The molecule has 1 saturated carbocycles. The summed E-state index contributed by atoms with van der Waals surface area (Å²) < 4.78 is 5.88. The fourth-order valence-electron chi connectivity index (χ4n) is 3.82. The Hall–Kier alpha value is -0.120. The van der Waals surface area contributed by atoms with Crippen molar-refractivity contribution in [3.8, 4) is 0 Å². The average molecular weight is 239 g/mol. The summed E-state index contributed by atoms with van der Waals surface area (Å²) >= 11 is 0. The number of nitrogens with zero attached hydrogens (tertiary/aromatic N) is 1. The summed E-state index contributed by atoms with van der Waals surface area (Å²) in [6.45, 7) is 6.74. The summed E-state index contributed by atoms with van der Waals surface area (Å²) in [5, 5.41) is 10.3. The number of morpholine rings is 1. The van der Waals surface area contributed by atoms with Gasteiger partial charge >= 0.3 is 0 Å². The molecular formula is C14H25NO2. The van der Waals surface area contributed by atoms with E-state index < -0.39 is 0 Å². The Morgan fingerprint density at radius 3 is 2.41 bits per heavy atom. The summed E-state index contributed by atoms with van der Waals surface area (Å²) in [7, 11) is 0. The monoisotopic (exact) mass is 239 g/mol. The van der Waals surface area contributed by atoms with Gasteiger partial charge in [0.1, 0.15) is 0 Å². The predicted molar refractivity (Wildman–Crippen MR) is 66.9 cm³/mol. The van der Waals surface area contributed by atoms with Crippen molar-refractivity contribution in [2.24, 2.45) is 5.41 Å². The molecule has 17 heavy (non-hydrogen) atoms. The summed E-state index contributed by atoms with van der Waals surface area (Å²) in [4.78, 5) is 2.51. The van der Waals surface area contributed by atoms with Crippen LogP contribution in [0.4, 0.5) is 0 Å². The van der Waals surface area contributed by atoms with Crippen LogP contribution in [0.1, 0.15) is 46.0 Å². The smallest absolute Gasteiger partial charge is 0.0707 e. The summed E-state index contributed by atoms with van der Waals surface area (Å²) in [6, 6.07) is 0.366. The number of rotatable bonds is 1. The molecule has 4 atom stereocenters. The van der Waals surface area contributed by atoms with Crippen molar-refractivity contribution in [1.82, 2.24) is 4.90 Å². The fraction of sp³-hybridized carbons (Fsp3) is 1.00. The Morgan fingerprint density at radius 1 is 1.12 bits per heavy atom. The second-order valence-electron chi connectivity index (χ2n) is 6.95. The van der Waals surface area contributed by atoms with Crippen LogP contribution in [0.15, 0.2) is 0 Å². The molecule has 0 aromatic carbocycles. The Balaban J connectivity index is 1.70. The molecule has 0 amide bonds. The topological polar surface area (TPSA) is 32.7 Å². The van der Waals surface area contributed by atoms with Crippen molar-refractivity contribution in [2.75, 3.05) is 13.1 Å². The molecule has 3 aliphatic rings. The highest BCUT2D eigenvalue weighted by molar-refractivity contribution is 4.95. The highest BCUT2D eigenvalue weighted by Crippen LogP contribution is 2.39. The van der Waals surface area contributed by atoms with Gasteiger partial charge in [0.25, 0.3) is 0 Å².